The molecule has 1 unspecified atom stereocenters. The van der Waals surface area contributed by atoms with Crippen LogP contribution in [-0.2, 0) is 29.6 Å². The zero-order valence-corrected chi connectivity index (χ0v) is 27.5. The molecule has 1 aromatic heterocycles. The number of halogens is 1. The van der Waals surface area contributed by atoms with Crippen LogP contribution in [0.25, 0.3) is 10.9 Å². The van der Waals surface area contributed by atoms with Gasteiger partial charge in [0, 0.05) is 29.5 Å². The van der Waals surface area contributed by atoms with Crippen molar-refractivity contribution in [1.82, 2.24) is 28.3 Å². The van der Waals surface area contributed by atoms with E-state index in [1.165, 1.54) is 55.5 Å². The lowest BCUT2D eigenvalue weighted by molar-refractivity contribution is -0.148. The molecule has 2 amide bonds. The van der Waals surface area contributed by atoms with Gasteiger partial charge in [0.25, 0.3) is 20.0 Å². The van der Waals surface area contributed by atoms with E-state index in [-0.39, 0.29) is 23.5 Å². The highest BCUT2D eigenvalue weighted by Gasteiger charge is 2.63. The summed E-state index contributed by atoms with van der Waals surface area (Å²) in [4.78, 5) is 31.5. The third-order valence-corrected chi connectivity index (χ3v) is 13.3. The summed E-state index contributed by atoms with van der Waals surface area (Å²) in [5, 5.41) is 3.43. The van der Waals surface area contributed by atoms with Gasteiger partial charge in [-0.1, -0.05) is 29.8 Å². The lowest BCUT2D eigenvalue weighted by Gasteiger charge is -2.51. The Hall–Kier alpha value is -3.21. The molecule has 45 heavy (non-hydrogen) atoms. The van der Waals surface area contributed by atoms with E-state index in [2.05, 4.69) is 5.32 Å². The topological polar surface area (TPSA) is 142 Å². The molecule has 0 radical (unpaired) electrons. The number of nitrogens with zero attached hydrogens (tertiary/aromatic N) is 5. The number of nitrogens with one attached hydrogen (secondary N) is 1. The first-order chi connectivity index (χ1) is 21.3. The summed E-state index contributed by atoms with van der Waals surface area (Å²) in [6.45, 7) is 1.07. The average molecular weight is 679 g/mol. The summed E-state index contributed by atoms with van der Waals surface area (Å²) in [7, 11) is -4.41. The molecule has 16 heteroatoms. The lowest BCUT2D eigenvalue weighted by atomic mass is 9.87. The van der Waals surface area contributed by atoms with Crippen molar-refractivity contribution in [3.8, 4) is 0 Å². The molecular weight excluding hydrogens is 644 g/mol. The number of carbonyl (C=O) groups is 2. The zero-order chi connectivity index (χ0) is 32.4. The molecule has 0 aliphatic carbocycles. The first-order valence-corrected chi connectivity index (χ1v) is 17.7. The maximum absolute atomic E-state index is 14.7. The van der Waals surface area contributed by atoms with Crippen LogP contribution in [0, 0.1) is 0 Å². The van der Waals surface area contributed by atoms with Crippen LogP contribution in [0.2, 0.25) is 5.02 Å². The molecule has 0 saturated carbocycles. The number of hydrogen-bond acceptors (Lipinski definition) is 9. The molecule has 3 saturated heterocycles. The number of ether oxygens (including phenoxy) is 1. The molecule has 6 rings (SSSR count). The molecule has 3 aliphatic rings. The van der Waals surface area contributed by atoms with Crippen LogP contribution in [-0.4, -0.2) is 123 Å². The summed E-state index contributed by atoms with van der Waals surface area (Å²) in [6.07, 6.45) is 0.796. The molecule has 2 aromatic carbocycles. The minimum Gasteiger partial charge on any atom is -0.453 e. The molecule has 4 heterocycles. The third kappa shape index (κ3) is 5.00. The van der Waals surface area contributed by atoms with Gasteiger partial charge >= 0.3 is 6.09 Å². The molecule has 1 atom stereocenters. The van der Waals surface area contributed by atoms with Crippen molar-refractivity contribution in [1.29, 1.82) is 0 Å². The Morgan fingerprint density at radius 3 is 2.38 bits per heavy atom. The van der Waals surface area contributed by atoms with E-state index in [1.807, 2.05) is 11.9 Å². The fraction of sp³-hybridized carbons (Fsp3) is 0.448. The van der Waals surface area contributed by atoms with Crippen LogP contribution in [0.15, 0.2) is 64.5 Å². The monoisotopic (exact) mass is 678 g/mol. The van der Waals surface area contributed by atoms with Crippen molar-refractivity contribution in [2.24, 2.45) is 0 Å². The molecule has 13 nitrogen and oxygen atoms in total. The number of methoxy groups -OCH3 is 1. The number of likely N-dealkylation sites (N-methyl/N-ethyl adjacent to an activating group) is 2. The highest BCUT2D eigenvalue weighted by Crippen LogP contribution is 2.45. The van der Waals surface area contributed by atoms with Crippen molar-refractivity contribution in [3.05, 3.63) is 59.6 Å². The van der Waals surface area contributed by atoms with Gasteiger partial charge in [0.05, 0.1) is 37.2 Å². The van der Waals surface area contributed by atoms with Crippen LogP contribution < -0.4 is 5.32 Å². The van der Waals surface area contributed by atoms with E-state index in [0.29, 0.717) is 29.8 Å². The van der Waals surface area contributed by atoms with Crippen molar-refractivity contribution in [2.45, 2.75) is 34.0 Å². The first-order valence-electron chi connectivity index (χ1n) is 14.4. The normalized spacial score (nSPS) is 22.6. The molecule has 1 spiro atoms. The van der Waals surface area contributed by atoms with Gasteiger partial charge < -0.3 is 19.9 Å². The van der Waals surface area contributed by atoms with Crippen LogP contribution in [0.1, 0.15) is 12.8 Å². The summed E-state index contributed by atoms with van der Waals surface area (Å²) in [6, 6.07) is 13.3. The minimum atomic E-state index is -4.64. The van der Waals surface area contributed by atoms with Crippen LogP contribution in [0.3, 0.4) is 0 Å². The Morgan fingerprint density at radius 1 is 1.02 bits per heavy atom. The number of carbonyl (C=O) groups excluding carboxylic acids is 2. The number of piperazine rings is 1. The van der Waals surface area contributed by atoms with E-state index < -0.39 is 54.8 Å². The molecule has 3 aromatic rings. The van der Waals surface area contributed by atoms with Crippen molar-refractivity contribution < 1.29 is 31.2 Å². The summed E-state index contributed by atoms with van der Waals surface area (Å²) < 4.78 is 64.2. The maximum Gasteiger partial charge on any atom is 0.409 e. The Morgan fingerprint density at radius 2 is 1.71 bits per heavy atom. The van der Waals surface area contributed by atoms with Crippen molar-refractivity contribution in [3.63, 3.8) is 0 Å². The molecule has 242 valence electrons. The minimum absolute atomic E-state index is 0.0377. The second-order valence-electron chi connectivity index (χ2n) is 11.9. The third-order valence-electron chi connectivity index (χ3n) is 9.42. The first kappa shape index (κ1) is 31.8. The molecule has 3 aliphatic heterocycles. The Labute approximate surface area is 267 Å². The van der Waals surface area contributed by atoms with Gasteiger partial charge in [-0.25, -0.2) is 25.6 Å². The van der Waals surface area contributed by atoms with Gasteiger partial charge in [0.15, 0.2) is 5.03 Å². The van der Waals surface area contributed by atoms with E-state index >= 15 is 0 Å². The van der Waals surface area contributed by atoms with Crippen LogP contribution in [0.4, 0.5) is 4.79 Å². The second kappa shape index (κ2) is 11.2. The lowest BCUT2D eigenvalue weighted by Crippen LogP contribution is -2.71. The second-order valence-corrected chi connectivity index (χ2v) is 16.0. The van der Waals surface area contributed by atoms with Gasteiger partial charge in [0.2, 0.25) is 5.91 Å². The standard InChI is InChI=1S/C29H35ClN6O7S2/c1-32(27(38)43-3)19-29-20-34(17-25(37)35(29)18-28(33(29)2)11-13-31-14-12-28)45(41,42)26-16-21-15-22(30)9-10-24(21)36(26)44(39,40)23-7-5-4-6-8-23/h4-10,15-16,31H,11-14,17-20H2,1-3H3. The number of rotatable bonds is 6. The number of amides is 2. The molecule has 0 bridgehead atoms. The Bertz CT molecular complexity index is 1880. The van der Waals surface area contributed by atoms with E-state index in [9.17, 15) is 26.4 Å². The number of aromatic nitrogens is 1. The Kier molecular flexibility index (Phi) is 7.93. The maximum atomic E-state index is 14.7. The SMILES string of the molecule is COC(=O)N(C)CC12CN(S(=O)(=O)c3cc4cc(Cl)ccc4n3S(=O)(=O)c3ccccc3)CC(=O)N1CC1(CCNCC1)N2C. The largest absolute Gasteiger partial charge is 0.453 e. The number of sulfonamides is 1. The molecule has 1 N–H and O–H groups in total. The van der Waals surface area contributed by atoms with Gasteiger partial charge in [-0.3, -0.25) is 9.69 Å². The predicted octanol–water partition coefficient (Wildman–Crippen LogP) is 1.83. The smallest absolute Gasteiger partial charge is 0.409 e. The zero-order valence-electron chi connectivity index (χ0n) is 25.1. The van der Waals surface area contributed by atoms with Crippen molar-refractivity contribution in [2.75, 3.05) is 60.5 Å². The van der Waals surface area contributed by atoms with Gasteiger partial charge in [-0.05, 0) is 69.4 Å². The van der Waals surface area contributed by atoms with Gasteiger partial charge in [-0.2, -0.15) is 4.31 Å². The van der Waals surface area contributed by atoms with Crippen LogP contribution in [0.5, 0.6) is 0 Å². The van der Waals surface area contributed by atoms with Crippen LogP contribution >= 0.6 is 11.6 Å². The Balaban J connectivity index is 1.50. The van der Waals surface area contributed by atoms with Gasteiger partial charge in [-0.15, -0.1) is 0 Å². The highest BCUT2D eigenvalue weighted by atomic mass is 35.5. The average Bonchev–Trinajstić information content (AvgIpc) is 3.52. The fourth-order valence-corrected chi connectivity index (χ4v) is 10.7. The molecular formula is C29H35ClN6O7S2. The highest BCUT2D eigenvalue weighted by molar-refractivity contribution is 7.92. The van der Waals surface area contributed by atoms with Crippen molar-refractivity contribution >= 4 is 54.6 Å². The van der Waals surface area contributed by atoms with E-state index in [0.717, 1.165) is 21.4 Å². The fourth-order valence-electron chi connectivity index (χ4n) is 7.05. The predicted molar refractivity (Wildman–Crippen MR) is 167 cm³/mol. The van der Waals surface area contributed by atoms with Gasteiger partial charge in [0.1, 0.15) is 5.66 Å². The summed E-state index contributed by atoms with van der Waals surface area (Å²) in [5.74, 6) is -0.443. The summed E-state index contributed by atoms with van der Waals surface area (Å²) in [5.41, 5.74) is -1.57. The number of hydrogen-bond donors (Lipinski definition) is 1. The molecule has 3 fully saturated rings. The quantitative estimate of drug-likeness (QED) is 0.413. The number of piperidine rings is 1. The van der Waals surface area contributed by atoms with E-state index in [1.54, 1.807) is 23.1 Å². The summed E-state index contributed by atoms with van der Waals surface area (Å²) >= 11 is 6.22. The van der Waals surface area contributed by atoms with E-state index in [4.69, 9.17) is 16.3 Å². The number of benzene rings is 2. The number of fused-ring (bicyclic) bond motifs is 2.